The van der Waals surface area contributed by atoms with E-state index < -0.39 is 0 Å². The third-order valence-electron chi connectivity index (χ3n) is 4.02. The molecule has 0 fully saturated rings. The second kappa shape index (κ2) is 9.18. The van der Waals surface area contributed by atoms with E-state index in [0.717, 1.165) is 40.9 Å². The first-order valence-corrected chi connectivity index (χ1v) is 8.12. The molecule has 0 aliphatic heterocycles. The normalized spacial score (nSPS) is 10.1. The van der Waals surface area contributed by atoms with Crippen molar-refractivity contribution in [3.05, 3.63) is 58.1 Å². The summed E-state index contributed by atoms with van der Waals surface area (Å²) in [5.74, 6) is 0. The van der Waals surface area contributed by atoms with Gasteiger partial charge in [0.1, 0.15) is 0 Å². The molecule has 0 aliphatic rings. The van der Waals surface area contributed by atoms with Gasteiger partial charge in [0.2, 0.25) is 0 Å². The molecule has 0 saturated heterocycles. The van der Waals surface area contributed by atoms with Gasteiger partial charge in [0.05, 0.1) is 11.4 Å². The summed E-state index contributed by atoms with van der Waals surface area (Å²) in [5.41, 5.74) is 30.1. The molecule has 126 valence electrons. The van der Waals surface area contributed by atoms with Crippen LogP contribution in [0.3, 0.4) is 0 Å². The van der Waals surface area contributed by atoms with Crippen LogP contribution in [0.25, 0.3) is 0 Å². The third-order valence-corrected chi connectivity index (χ3v) is 4.02. The fourth-order valence-corrected chi connectivity index (χ4v) is 2.59. The molecule has 0 spiro atoms. The summed E-state index contributed by atoms with van der Waals surface area (Å²) in [7, 11) is 0. The number of benzene rings is 2. The van der Waals surface area contributed by atoms with E-state index in [1.54, 1.807) is 0 Å². The summed E-state index contributed by atoms with van der Waals surface area (Å²) >= 11 is 0. The summed E-state index contributed by atoms with van der Waals surface area (Å²) in [6.45, 7) is 7.44. The second-order valence-electron chi connectivity index (χ2n) is 5.59. The van der Waals surface area contributed by atoms with Gasteiger partial charge < -0.3 is 22.9 Å². The van der Waals surface area contributed by atoms with E-state index in [2.05, 4.69) is 19.9 Å². The molecular formula is C19H30N4. The lowest BCUT2D eigenvalue weighted by molar-refractivity contribution is 1.03. The zero-order chi connectivity index (χ0) is 17.4. The SMILES string of the molecule is CCc1cc(C)c(N)c(N)c1CC.NCc1cccc(CN)c1. The molecule has 0 amide bonds. The summed E-state index contributed by atoms with van der Waals surface area (Å²) in [6, 6.07) is 10.1. The van der Waals surface area contributed by atoms with Crippen molar-refractivity contribution in [2.75, 3.05) is 11.5 Å². The minimum Gasteiger partial charge on any atom is -0.397 e. The van der Waals surface area contributed by atoms with Crippen molar-refractivity contribution >= 4 is 11.4 Å². The molecule has 0 aromatic heterocycles. The monoisotopic (exact) mass is 314 g/mol. The van der Waals surface area contributed by atoms with Gasteiger partial charge in [0, 0.05) is 13.1 Å². The number of hydrogen-bond donors (Lipinski definition) is 4. The van der Waals surface area contributed by atoms with Gasteiger partial charge in [-0.15, -0.1) is 0 Å². The summed E-state index contributed by atoms with van der Waals surface area (Å²) in [6.07, 6.45) is 1.98. The molecule has 4 heteroatoms. The molecule has 8 N–H and O–H groups in total. The number of anilines is 2. The standard InChI is InChI=1S/C11H18N2.C8H12N2/c1-4-8-6-7(3)10(12)11(13)9(8)5-2;9-5-7-2-1-3-8(4-7)6-10/h6H,4-5,12-13H2,1-3H3;1-4H,5-6,9-10H2. The maximum Gasteiger partial charge on any atom is 0.0585 e. The Labute approximate surface area is 139 Å². The molecular weight excluding hydrogens is 284 g/mol. The number of aryl methyl sites for hydroxylation is 2. The van der Waals surface area contributed by atoms with Crippen LogP contribution in [0.4, 0.5) is 11.4 Å². The van der Waals surface area contributed by atoms with Gasteiger partial charge in [0.25, 0.3) is 0 Å². The molecule has 0 heterocycles. The van der Waals surface area contributed by atoms with E-state index in [0.29, 0.717) is 13.1 Å². The average molecular weight is 314 g/mol. The van der Waals surface area contributed by atoms with Crippen LogP contribution in [0.1, 0.15) is 41.7 Å². The van der Waals surface area contributed by atoms with Crippen LogP contribution in [-0.4, -0.2) is 0 Å². The Morgan fingerprint density at radius 1 is 0.826 bits per heavy atom. The van der Waals surface area contributed by atoms with E-state index in [-0.39, 0.29) is 0 Å². The third kappa shape index (κ3) is 4.98. The van der Waals surface area contributed by atoms with Crippen LogP contribution in [-0.2, 0) is 25.9 Å². The lowest BCUT2D eigenvalue weighted by Crippen LogP contribution is -2.05. The van der Waals surface area contributed by atoms with Crippen molar-refractivity contribution < 1.29 is 0 Å². The molecule has 0 unspecified atom stereocenters. The molecule has 4 nitrogen and oxygen atoms in total. The van der Waals surface area contributed by atoms with Crippen molar-refractivity contribution in [1.82, 2.24) is 0 Å². The summed E-state index contributed by atoms with van der Waals surface area (Å²) < 4.78 is 0. The smallest absolute Gasteiger partial charge is 0.0585 e. The lowest BCUT2D eigenvalue weighted by Gasteiger charge is -2.14. The molecule has 23 heavy (non-hydrogen) atoms. The van der Waals surface area contributed by atoms with Gasteiger partial charge in [0.15, 0.2) is 0 Å². The van der Waals surface area contributed by atoms with Crippen LogP contribution in [0.5, 0.6) is 0 Å². The van der Waals surface area contributed by atoms with Crippen LogP contribution in [0, 0.1) is 6.92 Å². The van der Waals surface area contributed by atoms with Crippen molar-refractivity contribution in [2.24, 2.45) is 11.5 Å². The Morgan fingerprint density at radius 2 is 1.39 bits per heavy atom. The van der Waals surface area contributed by atoms with Crippen LogP contribution in [0.2, 0.25) is 0 Å². The molecule has 2 aromatic rings. The van der Waals surface area contributed by atoms with Crippen LogP contribution < -0.4 is 22.9 Å². The molecule has 2 aromatic carbocycles. The second-order valence-corrected chi connectivity index (χ2v) is 5.59. The Bertz CT molecular complexity index is 616. The number of nitrogens with two attached hydrogens (primary N) is 4. The first-order chi connectivity index (χ1) is 11.0. The molecule has 0 radical (unpaired) electrons. The van der Waals surface area contributed by atoms with E-state index in [4.69, 9.17) is 22.9 Å². The van der Waals surface area contributed by atoms with Gasteiger partial charge >= 0.3 is 0 Å². The maximum absolute atomic E-state index is 5.95. The highest BCUT2D eigenvalue weighted by Gasteiger charge is 2.08. The van der Waals surface area contributed by atoms with E-state index >= 15 is 0 Å². The van der Waals surface area contributed by atoms with Gasteiger partial charge in [-0.3, -0.25) is 0 Å². The van der Waals surface area contributed by atoms with Crippen molar-refractivity contribution in [2.45, 2.75) is 46.7 Å². The van der Waals surface area contributed by atoms with Crippen molar-refractivity contribution in [3.63, 3.8) is 0 Å². The Hall–Kier alpha value is -2.04. The van der Waals surface area contributed by atoms with Gasteiger partial charge in [-0.05, 0) is 47.6 Å². The molecule has 0 atom stereocenters. The molecule has 0 aliphatic carbocycles. The van der Waals surface area contributed by atoms with Crippen molar-refractivity contribution in [3.8, 4) is 0 Å². The fraction of sp³-hybridized carbons (Fsp3) is 0.368. The van der Waals surface area contributed by atoms with Gasteiger partial charge in [-0.2, -0.15) is 0 Å². The summed E-state index contributed by atoms with van der Waals surface area (Å²) in [5, 5.41) is 0. The fourth-order valence-electron chi connectivity index (χ4n) is 2.59. The predicted molar refractivity (Wildman–Crippen MR) is 101 cm³/mol. The van der Waals surface area contributed by atoms with Crippen LogP contribution in [0.15, 0.2) is 30.3 Å². The number of nitrogen functional groups attached to an aromatic ring is 2. The molecule has 0 bridgehead atoms. The maximum atomic E-state index is 5.95. The minimum atomic E-state index is 0.591. The number of hydrogen-bond acceptors (Lipinski definition) is 4. The number of rotatable bonds is 4. The van der Waals surface area contributed by atoms with E-state index in [9.17, 15) is 0 Å². The van der Waals surface area contributed by atoms with Gasteiger partial charge in [-0.25, -0.2) is 0 Å². The molecule has 0 saturated carbocycles. The highest BCUT2D eigenvalue weighted by Crippen LogP contribution is 2.28. The highest BCUT2D eigenvalue weighted by molar-refractivity contribution is 5.72. The van der Waals surface area contributed by atoms with E-state index in [1.165, 1.54) is 11.1 Å². The first-order valence-electron chi connectivity index (χ1n) is 8.12. The highest BCUT2D eigenvalue weighted by atomic mass is 14.7. The topological polar surface area (TPSA) is 104 Å². The summed E-state index contributed by atoms with van der Waals surface area (Å²) in [4.78, 5) is 0. The van der Waals surface area contributed by atoms with Gasteiger partial charge in [-0.1, -0.05) is 44.2 Å². The zero-order valence-electron chi connectivity index (χ0n) is 14.5. The first kappa shape index (κ1) is 19.0. The predicted octanol–water partition coefficient (Wildman–Crippen LogP) is 2.89. The van der Waals surface area contributed by atoms with Crippen LogP contribution >= 0.6 is 0 Å². The largest absolute Gasteiger partial charge is 0.397 e. The minimum absolute atomic E-state index is 0.591. The lowest BCUT2D eigenvalue weighted by atomic mass is 9.97. The molecule has 2 rings (SSSR count). The van der Waals surface area contributed by atoms with Crippen molar-refractivity contribution in [1.29, 1.82) is 0 Å². The Balaban J connectivity index is 0.000000238. The quantitative estimate of drug-likeness (QED) is 0.651. The van der Waals surface area contributed by atoms with E-state index in [1.807, 2.05) is 31.2 Å². The zero-order valence-corrected chi connectivity index (χ0v) is 14.5. The Kier molecular flexibility index (Phi) is 7.59. The Morgan fingerprint density at radius 3 is 1.83 bits per heavy atom. The average Bonchev–Trinajstić information content (AvgIpc) is 2.59.